The molecule has 1 atom stereocenters. The number of nitrogens with one attached hydrogen (secondary N) is 2. The highest BCUT2D eigenvalue weighted by molar-refractivity contribution is 5.92. The van der Waals surface area contributed by atoms with Crippen LogP contribution in [0.5, 0.6) is 0 Å². The zero-order valence-corrected chi connectivity index (χ0v) is 12.8. The van der Waals surface area contributed by atoms with Gasteiger partial charge in [0.1, 0.15) is 5.82 Å². The lowest BCUT2D eigenvalue weighted by Gasteiger charge is -2.23. The quantitative estimate of drug-likeness (QED) is 0.752. The molecular formula is C14H25N5O. The summed E-state index contributed by atoms with van der Waals surface area (Å²) in [5.74, 6) is 0.499. The molecule has 20 heavy (non-hydrogen) atoms. The summed E-state index contributed by atoms with van der Waals surface area (Å²) in [6, 6.07) is 4.03. The van der Waals surface area contributed by atoms with Gasteiger partial charge in [-0.2, -0.15) is 0 Å². The first kappa shape index (κ1) is 16.4. The highest BCUT2D eigenvalue weighted by atomic mass is 16.1. The van der Waals surface area contributed by atoms with Gasteiger partial charge in [0, 0.05) is 25.7 Å². The normalized spacial score (nSPS) is 12.2. The number of rotatable bonds is 8. The van der Waals surface area contributed by atoms with Crippen LogP contribution in [-0.2, 0) is 0 Å². The van der Waals surface area contributed by atoms with E-state index in [1.807, 2.05) is 6.92 Å². The Labute approximate surface area is 121 Å². The maximum atomic E-state index is 11.5. The Morgan fingerprint density at radius 1 is 1.35 bits per heavy atom. The van der Waals surface area contributed by atoms with Crippen molar-refractivity contribution in [2.24, 2.45) is 0 Å². The topological polar surface area (TPSA) is 70.2 Å². The Kier molecular flexibility index (Phi) is 6.93. The van der Waals surface area contributed by atoms with E-state index in [1.165, 1.54) is 0 Å². The Morgan fingerprint density at radius 3 is 2.65 bits per heavy atom. The molecule has 1 rings (SSSR count). The zero-order valence-electron chi connectivity index (χ0n) is 12.8. The number of amides is 1. The van der Waals surface area contributed by atoms with Gasteiger partial charge in [-0.05, 0) is 39.4 Å². The second-order valence-electron chi connectivity index (χ2n) is 4.83. The van der Waals surface area contributed by atoms with Crippen LogP contribution in [0.4, 0.5) is 5.82 Å². The molecule has 0 radical (unpaired) electrons. The molecule has 1 aromatic rings. The molecule has 0 bridgehead atoms. The smallest absolute Gasteiger partial charge is 0.271 e. The minimum absolute atomic E-state index is 0.192. The van der Waals surface area contributed by atoms with Crippen LogP contribution in [0.2, 0.25) is 0 Å². The van der Waals surface area contributed by atoms with E-state index < -0.39 is 0 Å². The molecule has 0 aliphatic carbocycles. The van der Waals surface area contributed by atoms with Gasteiger partial charge in [-0.25, -0.2) is 0 Å². The lowest BCUT2D eigenvalue weighted by molar-refractivity contribution is 0.0950. The second kappa shape index (κ2) is 8.47. The lowest BCUT2D eigenvalue weighted by Crippen LogP contribution is -2.32. The molecule has 1 aromatic heterocycles. The highest BCUT2D eigenvalue weighted by Crippen LogP contribution is 2.03. The molecule has 0 aliphatic rings. The molecule has 0 aliphatic heterocycles. The summed E-state index contributed by atoms with van der Waals surface area (Å²) in [5, 5.41) is 13.8. The maximum absolute atomic E-state index is 11.5. The first-order chi connectivity index (χ1) is 9.58. The van der Waals surface area contributed by atoms with E-state index in [0.29, 0.717) is 24.1 Å². The van der Waals surface area contributed by atoms with Crippen LogP contribution in [-0.4, -0.2) is 53.7 Å². The van der Waals surface area contributed by atoms with E-state index in [-0.39, 0.29) is 5.91 Å². The third kappa shape index (κ3) is 5.13. The fourth-order valence-electron chi connectivity index (χ4n) is 1.69. The molecule has 1 heterocycles. The van der Waals surface area contributed by atoms with Gasteiger partial charge in [0.2, 0.25) is 0 Å². The van der Waals surface area contributed by atoms with Crippen molar-refractivity contribution in [1.29, 1.82) is 0 Å². The first-order valence-electron chi connectivity index (χ1n) is 7.14. The van der Waals surface area contributed by atoms with Gasteiger partial charge in [0.15, 0.2) is 5.69 Å². The number of carbonyl (C=O) groups is 1. The third-order valence-corrected chi connectivity index (χ3v) is 3.35. The van der Waals surface area contributed by atoms with Crippen LogP contribution in [0.1, 0.15) is 37.7 Å². The molecule has 112 valence electrons. The van der Waals surface area contributed by atoms with Crippen LogP contribution < -0.4 is 10.6 Å². The van der Waals surface area contributed by atoms with Gasteiger partial charge in [0.25, 0.3) is 5.91 Å². The summed E-state index contributed by atoms with van der Waals surface area (Å²) in [6.45, 7) is 8.59. The molecule has 2 N–H and O–H groups in total. The molecule has 0 fully saturated rings. The van der Waals surface area contributed by atoms with Crippen molar-refractivity contribution in [1.82, 2.24) is 20.4 Å². The van der Waals surface area contributed by atoms with Gasteiger partial charge in [-0.15, -0.1) is 10.2 Å². The first-order valence-corrected chi connectivity index (χ1v) is 7.14. The predicted octanol–water partition coefficient (Wildman–Crippen LogP) is 1.37. The fourth-order valence-corrected chi connectivity index (χ4v) is 1.69. The highest BCUT2D eigenvalue weighted by Gasteiger charge is 2.07. The van der Waals surface area contributed by atoms with Crippen molar-refractivity contribution in [2.45, 2.75) is 33.2 Å². The van der Waals surface area contributed by atoms with Gasteiger partial charge in [-0.1, -0.05) is 6.92 Å². The van der Waals surface area contributed by atoms with Gasteiger partial charge >= 0.3 is 0 Å². The summed E-state index contributed by atoms with van der Waals surface area (Å²) in [5.41, 5.74) is 0.342. The van der Waals surface area contributed by atoms with Crippen LogP contribution in [0.3, 0.4) is 0 Å². The molecule has 1 unspecified atom stereocenters. The van der Waals surface area contributed by atoms with Crippen molar-refractivity contribution in [2.75, 3.05) is 32.0 Å². The minimum atomic E-state index is -0.192. The number of anilines is 1. The van der Waals surface area contributed by atoms with Crippen molar-refractivity contribution in [3.63, 3.8) is 0 Å². The summed E-state index contributed by atoms with van der Waals surface area (Å²) in [6.07, 6.45) is 1.14. The number of likely N-dealkylation sites (N-methyl/N-ethyl adjacent to an activating group) is 1. The van der Waals surface area contributed by atoms with E-state index >= 15 is 0 Å². The molecule has 0 saturated carbocycles. The molecule has 0 spiro atoms. The van der Waals surface area contributed by atoms with E-state index in [4.69, 9.17) is 0 Å². The molecule has 6 heteroatoms. The number of aromatic nitrogens is 2. The number of carbonyl (C=O) groups excluding carboxylic acids is 1. The second-order valence-corrected chi connectivity index (χ2v) is 4.83. The maximum Gasteiger partial charge on any atom is 0.271 e. The van der Waals surface area contributed by atoms with Crippen molar-refractivity contribution in [3.8, 4) is 0 Å². The van der Waals surface area contributed by atoms with Gasteiger partial charge < -0.3 is 15.5 Å². The Balaban J connectivity index is 2.40. The summed E-state index contributed by atoms with van der Waals surface area (Å²) >= 11 is 0. The van der Waals surface area contributed by atoms with E-state index in [1.54, 1.807) is 12.1 Å². The fraction of sp³-hybridized carbons (Fsp3) is 0.643. The summed E-state index contributed by atoms with van der Waals surface area (Å²) in [4.78, 5) is 13.8. The number of nitrogens with zero attached hydrogens (tertiary/aromatic N) is 3. The SMILES string of the molecule is CCNC(=O)c1ccc(NCCN(C)C(C)CC)nn1. The zero-order chi connectivity index (χ0) is 15.0. The van der Waals surface area contributed by atoms with E-state index in [0.717, 1.165) is 19.5 Å². The Morgan fingerprint density at radius 2 is 2.10 bits per heavy atom. The standard InChI is InChI=1S/C14H25N5O/c1-5-11(3)19(4)10-9-16-13-8-7-12(17-18-13)14(20)15-6-2/h7-8,11H,5-6,9-10H2,1-4H3,(H,15,20)(H,16,18). The lowest BCUT2D eigenvalue weighted by atomic mass is 10.2. The van der Waals surface area contributed by atoms with Crippen LogP contribution >= 0.6 is 0 Å². The monoisotopic (exact) mass is 279 g/mol. The van der Waals surface area contributed by atoms with Gasteiger partial charge in [-0.3, -0.25) is 4.79 Å². The summed E-state index contributed by atoms with van der Waals surface area (Å²) < 4.78 is 0. The average Bonchev–Trinajstić information content (AvgIpc) is 2.47. The average molecular weight is 279 g/mol. The van der Waals surface area contributed by atoms with E-state index in [9.17, 15) is 4.79 Å². The van der Waals surface area contributed by atoms with Crippen LogP contribution in [0.25, 0.3) is 0 Å². The van der Waals surface area contributed by atoms with Crippen LogP contribution in [0, 0.1) is 0 Å². The Bertz CT molecular complexity index is 407. The largest absolute Gasteiger partial charge is 0.367 e. The third-order valence-electron chi connectivity index (χ3n) is 3.35. The molecule has 0 aromatic carbocycles. The van der Waals surface area contributed by atoms with Crippen molar-refractivity contribution >= 4 is 11.7 Å². The predicted molar refractivity (Wildman–Crippen MR) is 80.9 cm³/mol. The molecule has 6 nitrogen and oxygen atoms in total. The number of hydrogen-bond donors (Lipinski definition) is 2. The molecule has 0 saturated heterocycles. The molecule has 1 amide bonds. The van der Waals surface area contributed by atoms with Crippen molar-refractivity contribution < 1.29 is 4.79 Å². The summed E-state index contributed by atoms with van der Waals surface area (Å²) in [7, 11) is 2.11. The Hall–Kier alpha value is -1.69. The van der Waals surface area contributed by atoms with Crippen LogP contribution in [0.15, 0.2) is 12.1 Å². The molecular weight excluding hydrogens is 254 g/mol. The van der Waals surface area contributed by atoms with Gasteiger partial charge in [0.05, 0.1) is 0 Å². The minimum Gasteiger partial charge on any atom is -0.367 e. The van der Waals surface area contributed by atoms with E-state index in [2.05, 4.69) is 46.6 Å². The van der Waals surface area contributed by atoms with Crippen molar-refractivity contribution in [3.05, 3.63) is 17.8 Å². The number of hydrogen-bond acceptors (Lipinski definition) is 5.